The first-order valence-electron chi connectivity index (χ1n) is 6.51. The van der Waals surface area contributed by atoms with Crippen LogP contribution >= 0.6 is 11.3 Å². The summed E-state index contributed by atoms with van der Waals surface area (Å²) in [6.07, 6.45) is 1.29. The second-order valence-electron chi connectivity index (χ2n) is 4.69. The van der Waals surface area contributed by atoms with Crippen molar-refractivity contribution in [1.82, 2.24) is 5.32 Å². The Kier molecular flexibility index (Phi) is 4.39. The molecule has 1 atom stereocenters. The molecule has 1 aliphatic carbocycles. The summed E-state index contributed by atoms with van der Waals surface area (Å²) in [5.41, 5.74) is 2.03. The van der Waals surface area contributed by atoms with Gasteiger partial charge in [-0.2, -0.15) is 0 Å². The highest BCUT2D eigenvalue weighted by atomic mass is 32.1. The van der Waals surface area contributed by atoms with Gasteiger partial charge in [0.25, 0.3) is 0 Å². The first-order chi connectivity index (χ1) is 9.51. The fraction of sp³-hybridized carbons (Fsp3) is 0.333. The van der Waals surface area contributed by atoms with Gasteiger partial charge in [-0.15, -0.1) is 11.3 Å². The number of carboxylic acid groups (broad SMARTS) is 1. The number of carbonyl (C=O) groups is 2. The monoisotopic (exact) mass is 291 g/mol. The quantitative estimate of drug-likeness (QED) is 0.889. The molecular formula is C15H17NO3S. The highest BCUT2D eigenvalue weighted by molar-refractivity contribution is 7.15. The zero-order valence-corrected chi connectivity index (χ0v) is 12.3. The summed E-state index contributed by atoms with van der Waals surface area (Å²) in [6, 6.07) is 7.19. The first-order valence-corrected chi connectivity index (χ1v) is 7.33. The molecule has 2 N–H and O–H groups in total. The molecule has 0 aromatic carbocycles. The average molecular weight is 291 g/mol. The molecule has 0 aromatic rings. The summed E-state index contributed by atoms with van der Waals surface area (Å²) in [7, 11) is 0. The molecule has 0 saturated carbocycles. The van der Waals surface area contributed by atoms with Crippen molar-refractivity contribution in [3.63, 3.8) is 0 Å². The standard InChI is InChI=1S/C15H17NO3S/c1-3-11-5-6-12-10(4-7-14(12)20-11)8-13(15(18)19)16-9(2)17/h4-7,13H,3,8H2,1-2H3,(H,16,17)(H,18,19). The van der Waals surface area contributed by atoms with Gasteiger partial charge in [-0.25, -0.2) is 4.79 Å². The van der Waals surface area contributed by atoms with E-state index in [1.54, 1.807) is 11.3 Å². The maximum absolute atomic E-state index is 11.2. The number of amides is 1. The molecule has 106 valence electrons. The van der Waals surface area contributed by atoms with E-state index < -0.39 is 12.0 Å². The number of aryl methyl sites for hydroxylation is 1. The fourth-order valence-electron chi connectivity index (χ4n) is 2.18. The van der Waals surface area contributed by atoms with Crippen LogP contribution in [-0.4, -0.2) is 23.0 Å². The number of nitrogens with one attached hydrogen (secondary N) is 1. The van der Waals surface area contributed by atoms with E-state index in [9.17, 15) is 9.59 Å². The highest BCUT2D eigenvalue weighted by Crippen LogP contribution is 2.34. The smallest absolute Gasteiger partial charge is 0.326 e. The van der Waals surface area contributed by atoms with Crippen molar-refractivity contribution in [3.8, 4) is 10.4 Å². The molecule has 20 heavy (non-hydrogen) atoms. The molecule has 0 fully saturated rings. The Balaban J connectivity index is 2.24. The molecule has 1 heterocycles. The van der Waals surface area contributed by atoms with Gasteiger partial charge in [-0.1, -0.05) is 19.1 Å². The topological polar surface area (TPSA) is 66.4 Å². The van der Waals surface area contributed by atoms with E-state index in [4.69, 9.17) is 5.11 Å². The molecule has 2 rings (SSSR count). The van der Waals surface area contributed by atoms with Crippen molar-refractivity contribution in [2.75, 3.05) is 0 Å². The third kappa shape index (κ3) is 3.17. The Bertz CT molecular complexity index is 605. The van der Waals surface area contributed by atoms with Gasteiger partial charge < -0.3 is 10.4 Å². The van der Waals surface area contributed by atoms with Crippen molar-refractivity contribution >= 4 is 23.2 Å². The van der Waals surface area contributed by atoms with Gasteiger partial charge in [0.15, 0.2) is 0 Å². The van der Waals surface area contributed by atoms with E-state index >= 15 is 0 Å². The lowest BCUT2D eigenvalue weighted by molar-refractivity contribution is -0.141. The Morgan fingerprint density at radius 1 is 1.30 bits per heavy atom. The minimum atomic E-state index is -1.01. The molecule has 0 saturated heterocycles. The number of carbonyl (C=O) groups excluding carboxylic acids is 1. The number of rotatable bonds is 5. The summed E-state index contributed by atoms with van der Waals surface area (Å²) in [4.78, 5) is 24.7. The van der Waals surface area contributed by atoms with Gasteiger partial charge in [0, 0.05) is 23.1 Å². The predicted octanol–water partition coefficient (Wildman–Crippen LogP) is 2.55. The number of fused-ring (bicyclic) bond motifs is 1. The predicted molar refractivity (Wildman–Crippen MR) is 79.3 cm³/mol. The number of hydrogen-bond donors (Lipinski definition) is 2. The Morgan fingerprint density at radius 2 is 2.05 bits per heavy atom. The van der Waals surface area contributed by atoms with E-state index in [0.29, 0.717) is 6.42 Å². The van der Waals surface area contributed by atoms with Crippen molar-refractivity contribution in [3.05, 3.63) is 34.7 Å². The molecule has 0 bridgehead atoms. The number of carboxylic acids is 1. The van der Waals surface area contributed by atoms with Crippen molar-refractivity contribution in [2.24, 2.45) is 0 Å². The zero-order chi connectivity index (χ0) is 14.7. The lowest BCUT2D eigenvalue weighted by Crippen LogP contribution is -2.41. The lowest BCUT2D eigenvalue weighted by Gasteiger charge is -2.13. The normalized spacial score (nSPS) is 12.3. The third-order valence-corrected chi connectivity index (χ3v) is 4.44. The van der Waals surface area contributed by atoms with Gasteiger partial charge in [0.05, 0.1) is 0 Å². The molecule has 0 spiro atoms. The lowest BCUT2D eigenvalue weighted by atomic mass is 10.0. The van der Waals surface area contributed by atoms with Crippen LogP contribution in [0.4, 0.5) is 0 Å². The second kappa shape index (κ2) is 6.05. The van der Waals surface area contributed by atoms with Crippen LogP contribution in [0.5, 0.6) is 0 Å². The van der Waals surface area contributed by atoms with Crippen LogP contribution in [-0.2, 0) is 22.4 Å². The largest absolute Gasteiger partial charge is 0.480 e. The highest BCUT2D eigenvalue weighted by Gasteiger charge is 2.21. The SMILES string of the molecule is CCc1ccc2c(CC(NC(C)=O)C(=O)O)ccc-2s1. The van der Waals surface area contributed by atoms with Gasteiger partial charge in [-0.3, -0.25) is 4.79 Å². The Hall–Kier alpha value is -1.88. The van der Waals surface area contributed by atoms with Crippen LogP contribution < -0.4 is 5.32 Å². The van der Waals surface area contributed by atoms with E-state index in [2.05, 4.69) is 18.3 Å². The molecule has 4 nitrogen and oxygen atoms in total. The number of hydrogen-bond acceptors (Lipinski definition) is 3. The summed E-state index contributed by atoms with van der Waals surface area (Å²) >= 11 is 1.72. The molecular weight excluding hydrogens is 274 g/mol. The van der Waals surface area contributed by atoms with Crippen LogP contribution in [0.1, 0.15) is 24.3 Å². The van der Waals surface area contributed by atoms with Gasteiger partial charge in [0.1, 0.15) is 6.04 Å². The molecule has 0 aromatic heterocycles. The molecule has 1 amide bonds. The Labute approximate surface area is 121 Å². The van der Waals surface area contributed by atoms with E-state index in [0.717, 1.165) is 22.4 Å². The molecule has 1 aliphatic heterocycles. The Morgan fingerprint density at radius 3 is 2.65 bits per heavy atom. The second-order valence-corrected chi connectivity index (χ2v) is 5.86. The number of aliphatic carboxylic acids is 1. The van der Waals surface area contributed by atoms with Crippen LogP contribution in [0.2, 0.25) is 0 Å². The van der Waals surface area contributed by atoms with Crippen molar-refractivity contribution in [1.29, 1.82) is 0 Å². The fourth-order valence-corrected chi connectivity index (χ4v) is 3.19. The van der Waals surface area contributed by atoms with E-state index in [-0.39, 0.29) is 5.91 Å². The summed E-state index contributed by atoms with van der Waals surface area (Å²) < 4.78 is 0. The molecule has 2 aliphatic rings. The zero-order valence-electron chi connectivity index (χ0n) is 11.5. The summed E-state index contributed by atoms with van der Waals surface area (Å²) in [5.74, 6) is -1.34. The third-order valence-electron chi connectivity index (χ3n) is 3.17. The van der Waals surface area contributed by atoms with Gasteiger partial charge in [0.2, 0.25) is 5.91 Å². The minimum absolute atomic E-state index is 0.302. The van der Waals surface area contributed by atoms with Crippen LogP contribution in [0.25, 0.3) is 10.4 Å². The summed E-state index contributed by atoms with van der Waals surface area (Å²) in [5, 5.41) is 11.6. The summed E-state index contributed by atoms with van der Waals surface area (Å²) in [6.45, 7) is 3.44. The van der Waals surface area contributed by atoms with Gasteiger partial charge in [-0.05, 0) is 29.7 Å². The van der Waals surface area contributed by atoms with Gasteiger partial charge >= 0.3 is 5.97 Å². The van der Waals surface area contributed by atoms with E-state index in [1.165, 1.54) is 11.8 Å². The minimum Gasteiger partial charge on any atom is -0.480 e. The molecule has 1 unspecified atom stereocenters. The van der Waals surface area contributed by atoms with Crippen LogP contribution in [0.15, 0.2) is 24.3 Å². The average Bonchev–Trinajstić information content (AvgIpc) is 2.79. The van der Waals surface area contributed by atoms with E-state index in [1.807, 2.05) is 18.2 Å². The molecule has 5 heteroatoms. The first kappa shape index (κ1) is 14.5. The maximum atomic E-state index is 11.2. The van der Waals surface area contributed by atoms with Crippen LogP contribution in [0.3, 0.4) is 0 Å². The van der Waals surface area contributed by atoms with Crippen LogP contribution in [0, 0.1) is 0 Å². The van der Waals surface area contributed by atoms with Crippen molar-refractivity contribution in [2.45, 2.75) is 32.7 Å². The van der Waals surface area contributed by atoms with Crippen molar-refractivity contribution < 1.29 is 14.7 Å². The maximum Gasteiger partial charge on any atom is 0.326 e. The molecule has 0 radical (unpaired) electrons.